The summed E-state index contributed by atoms with van der Waals surface area (Å²) in [5.74, 6) is 2.93. The summed E-state index contributed by atoms with van der Waals surface area (Å²) in [5, 5.41) is 6.27. The normalized spacial score (nSPS) is 26.0. The molecule has 1 fully saturated rings. The number of nitrogens with zero attached hydrogens (tertiary/aromatic N) is 2. The van der Waals surface area contributed by atoms with E-state index in [4.69, 9.17) is 4.74 Å². The van der Waals surface area contributed by atoms with E-state index >= 15 is 0 Å². The minimum Gasteiger partial charge on any atom is -0.474 e. The molecule has 3 unspecified atom stereocenters. The Morgan fingerprint density at radius 2 is 2.14 bits per heavy atom. The molecule has 1 aliphatic rings. The van der Waals surface area contributed by atoms with Gasteiger partial charge in [-0.1, -0.05) is 13.8 Å². The van der Waals surface area contributed by atoms with E-state index in [1.807, 2.05) is 12.3 Å². The third-order valence-electron chi connectivity index (χ3n) is 4.45. The monoisotopic (exact) mass is 305 g/mol. The summed E-state index contributed by atoms with van der Waals surface area (Å²) in [6, 6.07) is 2.06. The second-order valence-corrected chi connectivity index (χ2v) is 6.92. The zero-order valence-corrected chi connectivity index (χ0v) is 13.7. The number of ether oxygens (including phenoxy) is 1. The third kappa shape index (κ3) is 3.12. The van der Waals surface area contributed by atoms with Crippen LogP contribution in [0.15, 0.2) is 11.4 Å². The minimum atomic E-state index is 0.281. The van der Waals surface area contributed by atoms with Crippen molar-refractivity contribution in [3.63, 3.8) is 0 Å². The quantitative estimate of drug-likeness (QED) is 0.913. The molecule has 0 radical (unpaired) electrons. The Bertz CT molecular complexity index is 613. The molecule has 4 nitrogen and oxygen atoms in total. The van der Waals surface area contributed by atoms with E-state index in [2.05, 4.69) is 35.2 Å². The number of rotatable bonds is 4. The summed E-state index contributed by atoms with van der Waals surface area (Å²) in [6.07, 6.45) is 3.76. The number of anilines is 1. The molecule has 3 atom stereocenters. The average Bonchev–Trinajstić information content (AvgIpc) is 2.92. The lowest BCUT2D eigenvalue weighted by molar-refractivity contribution is 0.0980. The van der Waals surface area contributed by atoms with E-state index in [0.717, 1.165) is 47.3 Å². The highest BCUT2D eigenvalue weighted by molar-refractivity contribution is 7.16. The molecular formula is C16H23N3OS. The number of hydrogen-bond acceptors (Lipinski definition) is 5. The fraction of sp³-hybridized carbons (Fsp3) is 0.625. The van der Waals surface area contributed by atoms with E-state index in [-0.39, 0.29) is 6.10 Å². The number of thiophene rings is 1. The summed E-state index contributed by atoms with van der Waals surface area (Å²) in [6.45, 7) is 7.53. The van der Waals surface area contributed by atoms with Crippen molar-refractivity contribution in [3.05, 3.63) is 11.4 Å². The third-order valence-corrected chi connectivity index (χ3v) is 5.26. The van der Waals surface area contributed by atoms with Crippen molar-refractivity contribution in [2.24, 2.45) is 11.8 Å². The second kappa shape index (κ2) is 6.18. The Kier molecular flexibility index (Phi) is 4.29. The first-order valence-electron chi connectivity index (χ1n) is 7.83. The smallest absolute Gasteiger partial charge is 0.227 e. The van der Waals surface area contributed by atoms with Gasteiger partial charge in [0, 0.05) is 6.54 Å². The summed E-state index contributed by atoms with van der Waals surface area (Å²) < 4.78 is 6.25. The first-order valence-corrected chi connectivity index (χ1v) is 8.71. The number of hydrogen-bond donors (Lipinski definition) is 1. The van der Waals surface area contributed by atoms with Crippen LogP contribution in [0, 0.1) is 11.8 Å². The van der Waals surface area contributed by atoms with Crippen molar-refractivity contribution in [1.29, 1.82) is 0 Å². The molecule has 2 aromatic heterocycles. The van der Waals surface area contributed by atoms with Gasteiger partial charge >= 0.3 is 0 Å². The highest BCUT2D eigenvalue weighted by atomic mass is 32.1. The highest BCUT2D eigenvalue weighted by Crippen LogP contribution is 2.34. The fourth-order valence-electron chi connectivity index (χ4n) is 2.92. The topological polar surface area (TPSA) is 47.0 Å². The molecule has 21 heavy (non-hydrogen) atoms. The van der Waals surface area contributed by atoms with Crippen LogP contribution in [0.2, 0.25) is 0 Å². The second-order valence-electron chi connectivity index (χ2n) is 6.03. The molecule has 5 heteroatoms. The molecule has 0 aliphatic heterocycles. The van der Waals surface area contributed by atoms with Gasteiger partial charge in [-0.25, -0.2) is 4.98 Å². The summed E-state index contributed by atoms with van der Waals surface area (Å²) >= 11 is 1.63. The number of aromatic nitrogens is 2. The van der Waals surface area contributed by atoms with Gasteiger partial charge in [0.25, 0.3) is 0 Å². The lowest BCUT2D eigenvalue weighted by atomic mass is 9.80. The van der Waals surface area contributed by atoms with E-state index in [9.17, 15) is 0 Å². The van der Waals surface area contributed by atoms with Gasteiger partial charge in [0.1, 0.15) is 10.9 Å². The molecule has 0 amide bonds. The molecule has 0 bridgehead atoms. The molecule has 0 saturated heterocycles. The highest BCUT2D eigenvalue weighted by Gasteiger charge is 2.26. The van der Waals surface area contributed by atoms with Gasteiger partial charge in [-0.2, -0.15) is 4.98 Å². The molecule has 2 aromatic rings. The first-order chi connectivity index (χ1) is 10.2. The van der Waals surface area contributed by atoms with E-state index in [1.54, 1.807) is 11.3 Å². The van der Waals surface area contributed by atoms with E-state index in [0.29, 0.717) is 5.95 Å². The first kappa shape index (κ1) is 14.6. The predicted octanol–water partition coefficient (Wildman–Crippen LogP) is 4.33. The van der Waals surface area contributed by atoms with Crippen molar-refractivity contribution < 1.29 is 4.74 Å². The van der Waals surface area contributed by atoms with Crippen LogP contribution in [0.25, 0.3) is 10.2 Å². The number of nitrogens with one attached hydrogen (secondary N) is 1. The van der Waals surface area contributed by atoms with Crippen molar-refractivity contribution in [2.75, 3.05) is 11.9 Å². The van der Waals surface area contributed by atoms with Crippen molar-refractivity contribution >= 4 is 27.5 Å². The maximum absolute atomic E-state index is 6.25. The van der Waals surface area contributed by atoms with Gasteiger partial charge in [-0.3, -0.25) is 0 Å². The largest absolute Gasteiger partial charge is 0.474 e. The summed E-state index contributed by atoms with van der Waals surface area (Å²) in [4.78, 5) is 10.1. The van der Waals surface area contributed by atoms with Crippen LogP contribution in [-0.2, 0) is 0 Å². The Morgan fingerprint density at radius 3 is 2.90 bits per heavy atom. The van der Waals surface area contributed by atoms with Gasteiger partial charge in [-0.15, -0.1) is 11.3 Å². The van der Waals surface area contributed by atoms with Crippen LogP contribution in [-0.4, -0.2) is 22.6 Å². The maximum Gasteiger partial charge on any atom is 0.227 e. The lowest BCUT2D eigenvalue weighted by Crippen LogP contribution is -2.29. The van der Waals surface area contributed by atoms with Gasteiger partial charge in [-0.05, 0) is 49.5 Å². The zero-order valence-electron chi connectivity index (χ0n) is 12.9. The van der Waals surface area contributed by atoms with Crippen LogP contribution < -0.4 is 10.1 Å². The Balaban J connectivity index is 1.83. The summed E-state index contributed by atoms with van der Waals surface area (Å²) in [5.41, 5.74) is 0. The summed E-state index contributed by atoms with van der Waals surface area (Å²) in [7, 11) is 0. The van der Waals surface area contributed by atoms with Crippen molar-refractivity contribution in [3.8, 4) is 5.88 Å². The van der Waals surface area contributed by atoms with Crippen LogP contribution in [0.5, 0.6) is 5.88 Å². The van der Waals surface area contributed by atoms with Crippen molar-refractivity contribution in [1.82, 2.24) is 9.97 Å². The van der Waals surface area contributed by atoms with Gasteiger partial charge in [0.2, 0.25) is 11.8 Å². The lowest BCUT2D eigenvalue weighted by Gasteiger charge is -2.32. The standard InChI is InChI=1S/C16H23N3OS/c1-4-17-16-18-14(13-7-8-21-15(13)19-16)20-12-6-5-10(2)11(3)9-12/h7-8,10-12H,4-6,9H2,1-3H3,(H,17,18,19). The molecule has 1 aliphatic carbocycles. The minimum absolute atomic E-state index is 0.281. The molecule has 0 aromatic carbocycles. The molecule has 0 spiro atoms. The predicted molar refractivity (Wildman–Crippen MR) is 88.2 cm³/mol. The van der Waals surface area contributed by atoms with Gasteiger partial charge in [0.05, 0.1) is 5.39 Å². The van der Waals surface area contributed by atoms with Crippen LogP contribution >= 0.6 is 11.3 Å². The van der Waals surface area contributed by atoms with E-state index in [1.165, 1.54) is 6.42 Å². The van der Waals surface area contributed by atoms with Gasteiger partial charge < -0.3 is 10.1 Å². The molecule has 1 saturated carbocycles. The molecule has 2 heterocycles. The molecule has 3 rings (SSSR count). The Labute approximate surface area is 129 Å². The van der Waals surface area contributed by atoms with Crippen LogP contribution in [0.1, 0.15) is 40.0 Å². The van der Waals surface area contributed by atoms with E-state index < -0.39 is 0 Å². The average molecular weight is 305 g/mol. The number of fused-ring (bicyclic) bond motifs is 1. The SMILES string of the molecule is CCNc1nc(OC2CCC(C)C(C)C2)c2ccsc2n1. The fourth-order valence-corrected chi connectivity index (χ4v) is 3.67. The molecule has 1 N–H and O–H groups in total. The zero-order chi connectivity index (χ0) is 14.8. The van der Waals surface area contributed by atoms with Gasteiger partial charge in [0.15, 0.2) is 0 Å². The van der Waals surface area contributed by atoms with Crippen LogP contribution in [0.4, 0.5) is 5.95 Å². The molecular weight excluding hydrogens is 282 g/mol. The molecule has 114 valence electrons. The Hall–Kier alpha value is -1.36. The Morgan fingerprint density at radius 1 is 1.29 bits per heavy atom. The van der Waals surface area contributed by atoms with Crippen LogP contribution in [0.3, 0.4) is 0 Å². The van der Waals surface area contributed by atoms with Crippen molar-refractivity contribution in [2.45, 2.75) is 46.1 Å². The maximum atomic E-state index is 6.25.